The molecule has 1 aliphatic heterocycles. The van der Waals surface area contributed by atoms with E-state index in [0.717, 1.165) is 17.0 Å². The molecule has 3 heterocycles. The van der Waals surface area contributed by atoms with Crippen molar-refractivity contribution in [3.05, 3.63) is 36.3 Å². The molecular formula is C23H26FN6O9P. The minimum Gasteiger partial charge on any atom is -0.493 e. The molecule has 0 saturated heterocycles. The summed E-state index contributed by atoms with van der Waals surface area (Å²) in [4.78, 5) is 44.0. The van der Waals surface area contributed by atoms with Crippen LogP contribution in [0, 0.1) is 5.82 Å². The average Bonchev–Trinajstić information content (AvgIpc) is 2.90. The number of amides is 1. The minimum absolute atomic E-state index is 0.0195. The van der Waals surface area contributed by atoms with Crippen molar-refractivity contribution in [1.29, 1.82) is 0 Å². The maximum absolute atomic E-state index is 14.9. The summed E-state index contributed by atoms with van der Waals surface area (Å²) in [5.41, 5.74) is -1.69. The van der Waals surface area contributed by atoms with Gasteiger partial charge in [-0.2, -0.15) is 4.98 Å². The fourth-order valence-electron chi connectivity index (χ4n) is 3.44. The van der Waals surface area contributed by atoms with E-state index in [9.17, 15) is 13.8 Å². The quantitative estimate of drug-likeness (QED) is 0.253. The minimum atomic E-state index is -5.02. The number of methoxy groups -OCH3 is 3. The average molecular weight is 590 g/mol. The zero-order chi connectivity index (χ0) is 36.7. The van der Waals surface area contributed by atoms with Gasteiger partial charge in [0.25, 0.3) is 5.91 Å². The van der Waals surface area contributed by atoms with Gasteiger partial charge >= 0.3 is 7.82 Å². The molecule has 0 atom stereocenters. The number of aromatic nitrogens is 3. The number of benzene rings is 1. The summed E-state index contributed by atoms with van der Waals surface area (Å²) in [6, 6.07) is 4.47. The number of ether oxygens (including phenoxy) is 4. The first kappa shape index (κ1) is 18.9. The standard InChI is InChI=1S/C23H26FN6O9P/c1-23(2)21(31)30(11-38-40(32,33)34)20-14(39-23)6-7-17(28-20)27-19-13(24)10-25-22(29-19)26-12-8-15(35-3)18(37-5)16(9-12)36-4/h6-10H,11H2,1-5H3,(H2,32,33,34)(H2,25,26,27,28,29)/i3D3,4D3,5D3. The summed E-state index contributed by atoms with van der Waals surface area (Å²) in [5.74, 6) is -5.48. The van der Waals surface area contributed by atoms with Crippen molar-refractivity contribution in [1.82, 2.24) is 15.0 Å². The van der Waals surface area contributed by atoms with E-state index in [1.807, 2.05) is 0 Å². The number of carbonyl (C=O) groups is 1. The number of hydrogen-bond acceptors (Lipinski definition) is 12. The first-order valence-corrected chi connectivity index (χ1v) is 12.4. The molecule has 0 spiro atoms. The van der Waals surface area contributed by atoms with Crippen molar-refractivity contribution >= 4 is 42.8 Å². The lowest BCUT2D eigenvalue weighted by molar-refractivity contribution is -0.133. The molecule has 15 nitrogen and oxygen atoms in total. The predicted octanol–water partition coefficient (Wildman–Crippen LogP) is 3.09. The van der Waals surface area contributed by atoms with Crippen LogP contribution < -0.4 is 34.5 Å². The Balaban J connectivity index is 1.69. The second-order valence-corrected chi connectivity index (χ2v) is 9.60. The molecule has 4 rings (SSSR count). The smallest absolute Gasteiger partial charge is 0.471 e. The number of carbonyl (C=O) groups excluding carboxylic acids is 1. The topological polar surface area (TPSA) is 187 Å². The molecule has 1 aromatic carbocycles. The van der Waals surface area contributed by atoms with Gasteiger partial charge < -0.3 is 39.4 Å². The molecule has 40 heavy (non-hydrogen) atoms. The van der Waals surface area contributed by atoms with Crippen molar-refractivity contribution in [2.75, 3.05) is 43.4 Å². The SMILES string of the molecule is [2H]C([2H])([2H])Oc1cc(Nc2ncc(F)c(Nc3ccc4c(n3)N(COP(=O)(O)O)C(=O)C(C)(C)O4)n2)cc(OC([2H])([2H])[2H])c1OC([2H])([2H])[2H]. The zero-order valence-corrected chi connectivity index (χ0v) is 21.4. The maximum atomic E-state index is 14.9. The summed E-state index contributed by atoms with van der Waals surface area (Å²) in [6.45, 7) is 1.90. The molecule has 0 bridgehead atoms. The molecule has 3 aromatic rings. The second-order valence-electron chi connectivity index (χ2n) is 8.36. The molecule has 1 amide bonds. The molecule has 0 unspecified atom stereocenters. The third kappa shape index (κ3) is 6.15. The maximum Gasteiger partial charge on any atom is 0.471 e. The Kier molecular flexibility index (Phi) is 5.25. The highest BCUT2D eigenvalue weighted by molar-refractivity contribution is 7.46. The molecular weight excluding hydrogens is 554 g/mol. The Labute approximate surface area is 240 Å². The highest BCUT2D eigenvalue weighted by atomic mass is 31.2. The van der Waals surface area contributed by atoms with Crippen LogP contribution in [-0.2, 0) is 13.9 Å². The molecule has 2 aromatic heterocycles. The Morgan fingerprint density at radius 1 is 1.12 bits per heavy atom. The summed E-state index contributed by atoms with van der Waals surface area (Å²) in [7, 11) is -14.5. The second kappa shape index (κ2) is 11.1. The van der Waals surface area contributed by atoms with E-state index in [2.05, 4.69) is 30.1 Å². The van der Waals surface area contributed by atoms with Gasteiger partial charge in [-0.3, -0.25) is 14.2 Å². The first-order valence-electron chi connectivity index (χ1n) is 15.3. The Bertz CT molecular complexity index is 1750. The van der Waals surface area contributed by atoms with Crippen molar-refractivity contribution in [3.8, 4) is 23.0 Å². The number of phosphoric ester groups is 1. The Morgan fingerprint density at radius 3 is 2.48 bits per heavy atom. The molecule has 4 N–H and O–H groups in total. The number of nitrogens with zero attached hydrogens (tertiary/aromatic N) is 4. The zero-order valence-electron chi connectivity index (χ0n) is 29.5. The van der Waals surface area contributed by atoms with Gasteiger partial charge in [0.2, 0.25) is 11.7 Å². The van der Waals surface area contributed by atoms with E-state index in [1.54, 1.807) is 0 Å². The van der Waals surface area contributed by atoms with Crippen LogP contribution in [0.1, 0.15) is 26.2 Å². The molecule has 0 aliphatic carbocycles. The van der Waals surface area contributed by atoms with Gasteiger partial charge in [0, 0.05) is 17.8 Å². The number of rotatable bonds is 10. The fraction of sp³-hybridized carbons (Fsp3) is 0.304. The summed E-state index contributed by atoms with van der Waals surface area (Å²) >= 11 is 0. The van der Waals surface area contributed by atoms with E-state index in [0.29, 0.717) is 6.20 Å². The summed E-state index contributed by atoms with van der Waals surface area (Å²) in [5, 5.41) is 5.12. The monoisotopic (exact) mass is 589 g/mol. The van der Waals surface area contributed by atoms with Crippen molar-refractivity contribution in [2.24, 2.45) is 0 Å². The molecule has 17 heteroatoms. The Morgan fingerprint density at radius 2 is 1.82 bits per heavy atom. The lowest BCUT2D eigenvalue weighted by Gasteiger charge is -2.37. The van der Waals surface area contributed by atoms with Crippen LogP contribution >= 0.6 is 7.82 Å². The van der Waals surface area contributed by atoms with Crippen LogP contribution in [0.2, 0.25) is 0 Å². The van der Waals surface area contributed by atoms with Gasteiger partial charge in [0.1, 0.15) is 12.5 Å². The molecule has 1 aliphatic rings. The molecule has 0 fully saturated rings. The fourth-order valence-corrected chi connectivity index (χ4v) is 3.70. The molecule has 0 radical (unpaired) electrons. The van der Waals surface area contributed by atoms with Gasteiger partial charge in [0.05, 0.1) is 39.6 Å². The van der Waals surface area contributed by atoms with Gasteiger partial charge in [-0.05, 0) is 26.0 Å². The number of fused-ring (bicyclic) bond motifs is 1. The van der Waals surface area contributed by atoms with Crippen molar-refractivity contribution < 1.29 is 59.3 Å². The normalized spacial score (nSPS) is 18.5. The number of pyridine rings is 1. The number of nitrogens with one attached hydrogen (secondary N) is 2. The third-order valence-electron chi connectivity index (χ3n) is 5.16. The molecule has 214 valence electrons. The van der Waals surface area contributed by atoms with Crippen molar-refractivity contribution in [3.63, 3.8) is 0 Å². The highest BCUT2D eigenvalue weighted by Gasteiger charge is 2.42. The highest BCUT2D eigenvalue weighted by Crippen LogP contribution is 2.42. The predicted molar refractivity (Wildman–Crippen MR) is 139 cm³/mol. The van der Waals surface area contributed by atoms with Crippen LogP contribution in [-0.4, -0.2) is 64.1 Å². The first-order chi connectivity index (χ1) is 22.3. The van der Waals surface area contributed by atoms with Gasteiger partial charge in [-0.1, -0.05) is 0 Å². The largest absolute Gasteiger partial charge is 0.493 e. The van der Waals surface area contributed by atoms with E-state index in [-0.39, 0.29) is 29.0 Å². The summed E-state index contributed by atoms with van der Waals surface area (Å²) in [6.07, 6.45) is 0.706. The van der Waals surface area contributed by atoms with Crippen molar-refractivity contribution in [2.45, 2.75) is 19.4 Å². The summed E-state index contributed by atoms with van der Waals surface area (Å²) < 4.78 is 118. The third-order valence-corrected chi connectivity index (χ3v) is 5.62. The van der Waals surface area contributed by atoms with Crippen LogP contribution in [0.4, 0.5) is 33.5 Å². The van der Waals surface area contributed by atoms with Gasteiger partial charge in [0.15, 0.2) is 40.3 Å². The van der Waals surface area contributed by atoms with E-state index in [4.69, 9.17) is 41.1 Å². The van der Waals surface area contributed by atoms with Gasteiger partial charge in [-0.15, -0.1) is 0 Å². The van der Waals surface area contributed by atoms with E-state index in [1.165, 1.54) is 26.0 Å². The van der Waals surface area contributed by atoms with E-state index < -0.39 is 76.1 Å². The Hall–Kier alpha value is -4.24. The lowest BCUT2D eigenvalue weighted by atomic mass is 10.1. The number of halogens is 1. The van der Waals surface area contributed by atoms with Crippen LogP contribution in [0.25, 0.3) is 0 Å². The van der Waals surface area contributed by atoms with Crippen LogP contribution in [0.15, 0.2) is 30.5 Å². The van der Waals surface area contributed by atoms with Crippen LogP contribution in [0.5, 0.6) is 23.0 Å². The number of anilines is 5. The lowest BCUT2D eigenvalue weighted by Crippen LogP contribution is -2.53. The number of phosphoric acid groups is 1. The number of hydrogen-bond donors (Lipinski definition) is 4. The van der Waals surface area contributed by atoms with E-state index >= 15 is 0 Å². The van der Waals surface area contributed by atoms with Crippen LogP contribution in [0.3, 0.4) is 0 Å². The van der Waals surface area contributed by atoms with Gasteiger partial charge in [-0.25, -0.2) is 18.9 Å². The molecule has 0 saturated carbocycles.